The second kappa shape index (κ2) is 10.3. The van der Waals surface area contributed by atoms with Gasteiger partial charge in [-0.2, -0.15) is 4.31 Å². The van der Waals surface area contributed by atoms with Gasteiger partial charge in [-0.05, 0) is 0 Å². The second-order valence-corrected chi connectivity index (χ2v) is 7.77. The summed E-state index contributed by atoms with van der Waals surface area (Å²) in [5.74, 6) is 0. The van der Waals surface area contributed by atoms with Crippen LogP contribution in [0.4, 0.5) is 0 Å². The average molecular weight is 356 g/mol. The van der Waals surface area contributed by atoms with E-state index in [0.29, 0.717) is 0 Å². The van der Waals surface area contributed by atoms with E-state index in [9.17, 15) is 32.9 Å². The van der Waals surface area contributed by atoms with Crippen LogP contribution in [0.2, 0.25) is 0 Å². The molecule has 0 radical (unpaired) electrons. The van der Waals surface area contributed by atoms with Gasteiger partial charge >= 0.3 is 72.2 Å². The largest absolute Gasteiger partial charge is 1.00 e. The van der Waals surface area contributed by atoms with Crippen LogP contribution in [0.3, 0.4) is 0 Å². The molecule has 0 amide bonds. The van der Waals surface area contributed by atoms with Gasteiger partial charge in [-0.1, -0.05) is 0 Å². The molecule has 20 heavy (non-hydrogen) atoms. The summed E-state index contributed by atoms with van der Waals surface area (Å²) in [6.07, 6.45) is 0. The van der Waals surface area contributed by atoms with E-state index in [4.69, 9.17) is 14.7 Å². The Labute approximate surface area is 148 Å². The van der Waals surface area contributed by atoms with E-state index in [1.807, 2.05) is 0 Å². The molecule has 0 aliphatic heterocycles. The van der Waals surface area contributed by atoms with E-state index in [2.05, 4.69) is 12.9 Å². The van der Waals surface area contributed by atoms with Crippen molar-refractivity contribution in [2.45, 2.75) is 0 Å². The Kier molecular flexibility index (Phi) is 15.5. The molecule has 20 heteroatoms. The van der Waals surface area contributed by atoms with Gasteiger partial charge < -0.3 is 33.9 Å². The maximum absolute atomic E-state index is 10.6. The number of hydrogen-bond donors (Lipinski definition) is 3. The van der Waals surface area contributed by atoms with E-state index in [-0.39, 0.29) is 56.6 Å². The topological polar surface area (TPSA) is 226 Å². The molecule has 0 spiro atoms. The van der Waals surface area contributed by atoms with Crippen molar-refractivity contribution in [1.82, 2.24) is 0 Å². The third-order valence-corrected chi connectivity index (χ3v) is 5.51. The van der Waals surface area contributed by atoms with E-state index < -0.39 is 31.3 Å². The molecule has 3 N–H and O–H groups in total. The van der Waals surface area contributed by atoms with Gasteiger partial charge in [0, 0.05) is 0 Å². The molecule has 2 unspecified atom stereocenters. The molecule has 13 nitrogen and oxygen atoms in total. The number of hydrogen-bond acceptors (Lipinski definition) is 10. The zero-order valence-electron chi connectivity index (χ0n) is 10.2. The minimum absolute atomic E-state index is 0. The van der Waals surface area contributed by atoms with Gasteiger partial charge in [-0.15, -0.1) is 0 Å². The predicted molar refractivity (Wildman–Crippen MR) is 40.3 cm³/mol. The summed E-state index contributed by atoms with van der Waals surface area (Å²) >= 11 is 0. The fraction of sp³-hybridized carbons (Fsp3) is 0. The zero-order valence-corrected chi connectivity index (χ0v) is 13.8. The Morgan fingerprint density at radius 3 is 1.30 bits per heavy atom. The fourth-order valence-electron chi connectivity index (χ4n) is 0.413. The van der Waals surface area contributed by atoms with Gasteiger partial charge in [0.25, 0.3) is 7.82 Å². The van der Waals surface area contributed by atoms with Gasteiger partial charge in [-0.25, -0.2) is 13.4 Å². The van der Waals surface area contributed by atoms with Crippen LogP contribution < -0.4 is 71.3 Å². The summed E-state index contributed by atoms with van der Waals surface area (Å²) < 4.78 is 49.7. The minimum atomic E-state index is -6.14. The summed E-state index contributed by atoms with van der Waals surface area (Å²) in [5, 5.41) is 0. The molecule has 0 fully saturated rings. The Morgan fingerprint density at radius 2 is 1.05 bits per heavy atom. The molecular weight excluding hydrogens is 353 g/mol. The van der Waals surface area contributed by atoms with Crippen molar-refractivity contribution in [1.29, 1.82) is 0 Å². The van der Waals surface area contributed by atoms with Crippen molar-refractivity contribution >= 4 is 31.3 Å². The van der Waals surface area contributed by atoms with Crippen LogP contribution in [0.1, 0.15) is 0 Å². The fourth-order valence-corrected chi connectivity index (χ4v) is 4.25. The maximum Gasteiger partial charge on any atom is 1.00 e. The standard InChI is InChI=1S/3Li.H6O13P4/c;;;1-14(2,3)11-16(7,8)13-17(9,10)12-15(4,5)6/h;;;(H,7,8)(H,9,10)(H2,1,2,3)(H2,4,5,6)/q3*+1;/p-3. The molecule has 0 heterocycles. The van der Waals surface area contributed by atoms with E-state index in [1.54, 1.807) is 0 Å². The first-order valence-electron chi connectivity index (χ1n) is 2.97. The SMILES string of the molecule is O=P([O-])([O-])OP(=O)([O-])OP(=O)(O)OP(=O)(O)O.[Li+].[Li+].[Li+]. The van der Waals surface area contributed by atoms with Gasteiger partial charge in [-0.3, -0.25) is 8.88 Å². The average Bonchev–Trinajstić information content (AvgIpc) is 1.65. The first kappa shape index (κ1) is 30.3. The van der Waals surface area contributed by atoms with Crippen molar-refractivity contribution in [3.63, 3.8) is 0 Å². The molecule has 0 saturated heterocycles. The Bertz CT molecular complexity index is 414. The molecule has 0 bridgehead atoms. The van der Waals surface area contributed by atoms with Crippen LogP contribution in [0.25, 0.3) is 0 Å². The second-order valence-electron chi connectivity index (χ2n) is 2.10. The van der Waals surface area contributed by atoms with E-state index >= 15 is 0 Å². The van der Waals surface area contributed by atoms with Crippen LogP contribution in [-0.4, -0.2) is 14.7 Å². The summed E-state index contributed by atoms with van der Waals surface area (Å²) in [4.78, 5) is 54.7. The van der Waals surface area contributed by atoms with Crippen LogP contribution in [0.5, 0.6) is 0 Å². The Hall–Kier alpha value is 2.35. The monoisotopic (exact) mass is 356 g/mol. The van der Waals surface area contributed by atoms with Crippen molar-refractivity contribution < 1.29 is 117 Å². The van der Waals surface area contributed by atoms with Crippen molar-refractivity contribution in [3.8, 4) is 0 Å². The van der Waals surface area contributed by atoms with Crippen LogP contribution in [0.15, 0.2) is 0 Å². The van der Waals surface area contributed by atoms with Crippen molar-refractivity contribution in [3.05, 3.63) is 0 Å². The van der Waals surface area contributed by atoms with Gasteiger partial charge in [0.15, 0.2) is 0 Å². The molecule has 0 aromatic carbocycles. The third-order valence-electron chi connectivity index (χ3n) is 0.613. The summed E-state index contributed by atoms with van der Waals surface area (Å²) in [6, 6.07) is 0. The normalized spacial score (nSPS) is 17.5. The molecule has 2 atom stereocenters. The van der Waals surface area contributed by atoms with Crippen LogP contribution in [-0.2, 0) is 31.2 Å². The van der Waals surface area contributed by atoms with E-state index in [0.717, 1.165) is 0 Å². The molecule has 0 aliphatic rings. The Morgan fingerprint density at radius 1 is 0.700 bits per heavy atom. The predicted octanol–water partition coefficient (Wildman–Crippen LogP) is -11.5. The quantitative estimate of drug-likeness (QED) is 0.297. The summed E-state index contributed by atoms with van der Waals surface area (Å²) in [5.41, 5.74) is 0. The molecule has 0 rings (SSSR count). The van der Waals surface area contributed by atoms with E-state index in [1.165, 1.54) is 0 Å². The zero-order chi connectivity index (χ0) is 14.1. The molecule has 0 aliphatic carbocycles. The Balaban J connectivity index is -0.000000427. The van der Waals surface area contributed by atoms with Crippen LogP contribution >= 0.6 is 31.3 Å². The van der Waals surface area contributed by atoms with Crippen molar-refractivity contribution in [2.75, 3.05) is 0 Å². The molecule has 0 aromatic rings. The smallest absolute Gasteiger partial charge is 0.790 e. The number of rotatable bonds is 6. The first-order valence-corrected chi connectivity index (χ1v) is 8.92. The first-order chi connectivity index (χ1) is 7.12. The van der Waals surface area contributed by atoms with Crippen LogP contribution in [0, 0.1) is 0 Å². The third kappa shape index (κ3) is 18.4. The molecule has 0 aromatic heterocycles. The van der Waals surface area contributed by atoms with Gasteiger partial charge in [0.2, 0.25) is 0 Å². The molecule has 104 valence electrons. The minimum Gasteiger partial charge on any atom is -0.790 e. The van der Waals surface area contributed by atoms with Crippen molar-refractivity contribution in [2.24, 2.45) is 0 Å². The molecular formula is H3Li3O13P4. The summed E-state index contributed by atoms with van der Waals surface area (Å²) in [7, 11) is -23.7. The summed E-state index contributed by atoms with van der Waals surface area (Å²) in [6.45, 7) is 0. The van der Waals surface area contributed by atoms with Gasteiger partial charge in [0.05, 0.1) is 7.82 Å². The van der Waals surface area contributed by atoms with Gasteiger partial charge in [0.1, 0.15) is 0 Å². The molecule has 0 saturated carbocycles. The maximum atomic E-state index is 10.6. The number of phosphoric acid groups is 4.